The zero-order valence-corrected chi connectivity index (χ0v) is 12.9. The summed E-state index contributed by atoms with van der Waals surface area (Å²) in [6, 6.07) is 0. The topological polar surface area (TPSA) is 35.5 Å². The van der Waals surface area contributed by atoms with Gasteiger partial charge in [0.05, 0.1) is 5.60 Å². The molecule has 3 heteroatoms. The van der Waals surface area contributed by atoms with Gasteiger partial charge in [-0.05, 0) is 44.6 Å². The minimum atomic E-state index is -0.452. The van der Waals surface area contributed by atoms with Gasteiger partial charge in [-0.1, -0.05) is 26.2 Å². The van der Waals surface area contributed by atoms with Crippen LogP contribution in [0.25, 0.3) is 0 Å². The van der Waals surface area contributed by atoms with Crippen molar-refractivity contribution in [1.82, 2.24) is 10.2 Å². The fourth-order valence-electron chi connectivity index (χ4n) is 3.87. The first-order chi connectivity index (χ1) is 9.05. The highest BCUT2D eigenvalue weighted by atomic mass is 16.3. The van der Waals surface area contributed by atoms with Gasteiger partial charge in [0, 0.05) is 26.2 Å². The smallest absolute Gasteiger partial charge is 0.0758 e. The highest BCUT2D eigenvalue weighted by molar-refractivity contribution is 4.93. The molecule has 1 heterocycles. The van der Waals surface area contributed by atoms with Crippen LogP contribution in [0.3, 0.4) is 0 Å². The van der Waals surface area contributed by atoms with Crippen LogP contribution >= 0.6 is 0 Å². The highest BCUT2D eigenvalue weighted by Gasteiger charge is 2.38. The molecular formula is C16H32N2O. The molecule has 2 fully saturated rings. The van der Waals surface area contributed by atoms with Gasteiger partial charge in [0.1, 0.15) is 0 Å². The Morgan fingerprint density at radius 3 is 2.47 bits per heavy atom. The van der Waals surface area contributed by atoms with Gasteiger partial charge in [0.2, 0.25) is 0 Å². The molecule has 1 saturated carbocycles. The Balaban J connectivity index is 1.90. The van der Waals surface area contributed by atoms with Gasteiger partial charge in [-0.15, -0.1) is 0 Å². The van der Waals surface area contributed by atoms with Crippen LogP contribution in [-0.4, -0.2) is 48.3 Å². The molecule has 0 aromatic heterocycles. The molecule has 0 amide bonds. The number of nitrogens with one attached hydrogen (secondary N) is 1. The molecule has 2 aliphatic rings. The van der Waals surface area contributed by atoms with Crippen LogP contribution in [-0.2, 0) is 0 Å². The van der Waals surface area contributed by atoms with Gasteiger partial charge in [-0.2, -0.15) is 0 Å². The van der Waals surface area contributed by atoms with Gasteiger partial charge in [0.25, 0.3) is 0 Å². The highest BCUT2D eigenvalue weighted by Crippen LogP contribution is 2.38. The van der Waals surface area contributed by atoms with Gasteiger partial charge in [-0.25, -0.2) is 0 Å². The monoisotopic (exact) mass is 268 g/mol. The minimum absolute atomic E-state index is 0.452. The summed E-state index contributed by atoms with van der Waals surface area (Å²) in [4.78, 5) is 2.50. The van der Waals surface area contributed by atoms with E-state index in [4.69, 9.17) is 0 Å². The third-order valence-electron chi connectivity index (χ3n) is 4.93. The van der Waals surface area contributed by atoms with Crippen LogP contribution in [0.5, 0.6) is 0 Å². The van der Waals surface area contributed by atoms with Gasteiger partial charge < -0.3 is 10.4 Å². The molecule has 0 bridgehead atoms. The molecule has 112 valence electrons. The molecular weight excluding hydrogens is 236 g/mol. The lowest BCUT2D eigenvalue weighted by atomic mass is 9.73. The first-order valence-electron chi connectivity index (χ1n) is 8.21. The number of rotatable bonds is 6. The van der Waals surface area contributed by atoms with Crippen molar-refractivity contribution < 1.29 is 5.11 Å². The summed E-state index contributed by atoms with van der Waals surface area (Å²) in [5, 5.41) is 13.8. The average molecular weight is 268 g/mol. The quantitative estimate of drug-likeness (QED) is 0.726. The number of hydrogen-bond acceptors (Lipinski definition) is 3. The maximum absolute atomic E-state index is 10.1. The molecule has 3 nitrogen and oxygen atoms in total. The standard InChI is InChI=1S/C16H32N2O/c1-3-10-17-12-16(7-5-4-6-8-16)14-18-11-9-15(2,19)13-18/h17,19H,3-14H2,1-2H3. The van der Waals surface area contributed by atoms with Crippen molar-refractivity contribution in [3.8, 4) is 0 Å². The predicted octanol–water partition coefficient (Wildman–Crippen LogP) is 2.39. The third-order valence-corrected chi connectivity index (χ3v) is 4.93. The van der Waals surface area contributed by atoms with Crippen LogP contribution in [0.2, 0.25) is 0 Å². The fourth-order valence-corrected chi connectivity index (χ4v) is 3.87. The van der Waals surface area contributed by atoms with Crippen molar-refractivity contribution in [3.63, 3.8) is 0 Å². The maximum atomic E-state index is 10.1. The summed E-state index contributed by atoms with van der Waals surface area (Å²) >= 11 is 0. The molecule has 1 saturated heterocycles. The second-order valence-electron chi connectivity index (χ2n) is 7.20. The van der Waals surface area contributed by atoms with E-state index in [1.807, 2.05) is 6.92 Å². The van der Waals surface area contributed by atoms with Crippen LogP contribution < -0.4 is 5.32 Å². The maximum Gasteiger partial charge on any atom is 0.0758 e. The normalized spacial score (nSPS) is 31.7. The second-order valence-corrected chi connectivity index (χ2v) is 7.20. The van der Waals surface area contributed by atoms with Gasteiger partial charge >= 0.3 is 0 Å². The lowest BCUT2D eigenvalue weighted by Gasteiger charge is -2.40. The molecule has 1 atom stereocenters. The number of likely N-dealkylation sites (tertiary alicyclic amines) is 1. The number of hydrogen-bond donors (Lipinski definition) is 2. The molecule has 0 aromatic carbocycles. The van der Waals surface area contributed by atoms with E-state index in [0.717, 1.165) is 26.1 Å². The summed E-state index contributed by atoms with van der Waals surface area (Å²) in [6.45, 7) is 9.64. The molecule has 0 aromatic rings. The second kappa shape index (κ2) is 6.55. The van der Waals surface area contributed by atoms with Crippen molar-refractivity contribution in [3.05, 3.63) is 0 Å². The van der Waals surface area contributed by atoms with Crippen LogP contribution in [0.4, 0.5) is 0 Å². The van der Waals surface area contributed by atoms with Crippen LogP contribution in [0.15, 0.2) is 0 Å². The molecule has 0 spiro atoms. The molecule has 0 radical (unpaired) electrons. The van der Waals surface area contributed by atoms with Gasteiger partial charge in [-0.3, -0.25) is 4.90 Å². The SMILES string of the molecule is CCCNCC1(CN2CCC(C)(O)C2)CCCCC1. The molecule has 2 N–H and O–H groups in total. The summed E-state index contributed by atoms with van der Waals surface area (Å²) in [5.74, 6) is 0. The summed E-state index contributed by atoms with van der Waals surface area (Å²) in [5.41, 5.74) is 0.0144. The van der Waals surface area contributed by atoms with Crippen molar-refractivity contribution in [2.24, 2.45) is 5.41 Å². The summed E-state index contributed by atoms with van der Waals surface area (Å²) in [7, 11) is 0. The zero-order chi connectivity index (χ0) is 13.8. The Morgan fingerprint density at radius 1 is 1.16 bits per heavy atom. The fraction of sp³-hybridized carbons (Fsp3) is 1.00. The summed E-state index contributed by atoms with van der Waals surface area (Å²) < 4.78 is 0. The average Bonchev–Trinajstić information content (AvgIpc) is 2.70. The molecule has 19 heavy (non-hydrogen) atoms. The lowest BCUT2D eigenvalue weighted by Crippen LogP contribution is -2.45. The Hall–Kier alpha value is -0.120. The van der Waals surface area contributed by atoms with Crippen molar-refractivity contribution in [1.29, 1.82) is 0 Å². The Kier molecular flexibility index (Phi) is 5.27. The van der Waals surface area contributed by atoms with Crippen LogP contribution in [0, 0.1) is 5.41 Å². The van der Waals surface area contributed by atoms with Crippen LogP contribution in [0.1, 0.15) is 58.8 Å². The van der Waals surface area contributed by atoms with E-state index >= 15 is 0 Å². The van der Waals surface area contributed by atoms with E-state index in [-0.39, 0.29) is 0 Å². The van der Waals surface area contributed by atoms with Crippen molar-refractivity contribution in [2.45, 2.75) is 64.4 Å². The van der Waals surface area contributed by atoms with E-state index in [1.54, 1.807) is 0 Å². The Labute approximate surface area is 118 Å². The largest absolute Gasteiger partial charge is 0.389 e. The molecule has 1 aliphatic carbocycles. The number of β-amino-alcohol motifs (C(OH)–C–C–N with tert-alkyl or cyclic N) is 1. The zero-order valence-electron chi connectivity index (χ0n) is 12.9. The molecule has 1 aliphatic heterocycles. The minimum Gasteiger partial charge on any atom is -0.389 e. The number of nitrogens with zero attached hydrogens (tertiary/aromatic N) is 1. The van der Waals surface area contributed by atoms with E-state index in [0.29, 0.717) is 5.41 Å². The number of aliphatic hydroxyl groups is 1. The lowest BCUT2D eigenvalue weighted by molar-refractivity contribution is 0.0540. The third kappa shape index (κ3) is 4.44. The van der Waals surface area contributed by atoms with Crippen molar-refractivity contribution in [2.75, 3.05) is 32.7 Å². The van der Waals surface area contributed by atoms with Crippen molar-refractivity contribution >= 4 is 0 Å². The molecule has 2 rings (SSSR count). The Morgan fingerprint density at radius 2 is 1.89 bits per heavy atom. The van der Waals surface area contributed by atoms with E-state index in [9.17, 15) is 5.11 Å². The Bertz CT molecular complexity index is 272. The first-order valence-corrected chi connectivity index (χ1v) is 8.21. The predicted molar refractivity (Wildman–Crippen MR) is 80.4 cm³/mol. The molecule has 1 unspecified atom stereocenters. The van der Waals surface area contributed by atoms with Gasteiger partial charge in [0.15, 0.2) is 0 Å². The van der Waals surface area contributed by atoms with E-state index in [1.165, 1.54) is 51.6 Å². The first kappa shape index (κ1) is 15.3. The van der Waals surface area contributed by atoms with E-state index in [2.05, 4.69) is 17.1 Å². The van der Waals surface area contributed by atoms with E-state index < -0.39 is 5.60 Å². The summed E-state index contributed by atoms with van der Waals surface area (Å²) in [6.07, 6.45) is 9.06.